The summed E-state index contributed by atoms with van der Waals surface area (Å²) < 4.78 is 0. The maximum atomic E-state index is 3.48. The fourth-order valence-corrected chi connectivity index (χ4v) is 8.18. The minimum atomic E-state index is 0.0977. The van der Waals surface area contributed by atoms with Crippen LogP contribution in [0, 0.1) is 6.92 Å². The first-order valence-electron chi connectivity index (χ1n) is 17.2. The van der Waals surface area contributed by atoms with E-state index in [-0.39, 0.29) is 10.8 Å². The predicted molar refractivity (Wildman–Crippen MR) is 203 cm³/mol. The molecule has 0 heteroatoms. The third kappa shape index (κ3) is 4.58. The number of hydrogen-bond donors (Lipinski definition) is 0. The van der Waals surface area contributed by atoms with E-state index < -0.39 is 0 Å². The molecule has 0 amide bonds. The molecule has 8 rings (SSSR count). The van der Waals surface area contributed by atoms with Crippen molar-refractivity contribution in [2.24, 2.45) is 0 Å². The van der Waals surface area contributed by atoms with Crippen molar-refractivity contribution >= 4 is 65.5 Å². The van der Waals surface area contributed by atoms with E-state index in [9.17, 15) is 0 Å². The normalized spacial score (nSPS) is 14.9. The van der Waals surface area contributed by atoms with Crippen LogP contribution in [0.2, 0.25) is 0 Å². The molecule has 0 saturated carbocycles. The molecule has 46 heavy (non-hydrogen) atoms. The Bertz CT molecular complexity index is 2410. The summed E-state index contributed by atoms with van der Waals surface area (Å²) in [7, 11) is 0. The summed E-state index contributed by atoms with van der Waals surface area (Å²) in [4.78, 5) is 0. The van der Waals surface area contributed by atoms with Gasteiger partial charge in [0.15, 0.2) is 0 Å². The standard InChI is InChI=1S/C46H44/c1-28-15-16-30-13-11-12-29(2)40(30)39(28)14-9-8-10-21-46(6,7)38-25-34-20-18-31-22-35-26-37(45(3,4)5)24-33-19-17-32-23-36(27-38)42(34)44(31)43(32)41(33)35/h11-14,16-20,22-27H,8-10,21H2,1-7H3. The maximum Gasteiger partial charge on any atom is -0.00141 e. The van der Waals surface area contributed by atoms with Gasteiger partial charge < -0.3 is 0 Å². The molecule has 0 aromatic heterocycles. The van der Waals surface area contributed by atoms with Gasteiger partial charge in [-0.25, -0.2) is 0 Å². The van der Waals surface area contributed by atoms with Crippen LogP contribution in [-0.2, 0) is 10.8 Å². The zero-order chi connectivity index (χ0) is 32.0. The van der Waals surface area contributed by atoms with E-state index in [0.29, 0.717) is 0 Å². The van der Waals surface area contributed by atoms with Crippen LogP contribution >= 0.6 is 0 Å². The summed E-state index contributed by atoms with van der Waals surface area (Å²) in [5, 5.41) is 13.9. The zero-order valence-corrected chi connectivity index (χ0v) is 28.5. The SMILES string of the molecule is CC1=C=Cc2cccc(C)c2C1=CCCCCC(C)(C)c1cc2ccc3cc4cc(C(C)(C)C)cc5ccc6cc(c1)c2c3c6c54. The Hall–Kier alpha value is -4.38. The van der Waals surface area contributed by atoms with Gasteiger partial charge in [-0.05, 0) is 155 Å². The van der Waals surface area contributed by atoms with Crippen LogP contribution in [0.1, 0.15) is 95.0 Å². The highest BCUT2D eigenvalue weighted by molar-refractivity contribution is 6.36. The Morgan fingerprint density at radius 2 is 1.17 bits per heavy atom. The van der Waals surface area contributed by atoms with E-state index in [1.165, 1.54) is 112 Å². The topological polar surface area (TPSA) is 0 Å². The fourth-order valence-electron chi connectivity index (χ4n) is 8.18. The Kier molecular flexibility index (Phi) is 6.51. The summed E-state index contributed by atoms with van der Waals surface area (Å²) in [6, 6.07) is 30.7. The minimum absolute atomic E-state index is 0.0977. The number of allylic oxidation sites excluding steroid dienone is 3. The highest BCUT2D eigenvalue weighted by atomic mass is 14.3. The summed E-state index contributed by atoms with van der Waals surface area (Å²) in [5.74, 6) is 0. The van der Waals surface area contributed by atoms with Crippen molar-refractivity contribution in [2.75, 3.05) is 0 Å². The van der Waals surface area contributed by atoms with Crippen LogP contribution in [0.3, 0.4) is 0 Å². The van der Waals surface area contributed by atoms with Crippen molar-refractivity contribution in [3.63, 3.8) is 0 Å². The zero-order valence-electron chi connectivity index (χ0n) is 28.5. The second-order valence-corrected chi connectivity index (χ2v) is 15.6. The van der Waals surface area contributed by atoms with Gasteiger partial charge in [-0.2, -0.15) is 0 Å². The molecule has 7 aromatic carbocycles. The van der Waals surface area contributed by atoms with Crippen molar-refractivity contribution in [1.82, 2.24) is 0 Å². The molecule has 0 saturated heterocycles. The molecule has 1 aliphatic carbocycles. The van der Waals surface area contributed by atoms with Crippen LogP contribution in [0.15, 0.2) is 96.2 Å². The van der Waals surface area contributed by atoms with Crippen molar-refractivity contribution in [2.45, 2.75) is 85.0 Å². The Balaban J connectivity index is 1.11. The van der Waals surface area contributed by atoms with Gasteiger partial charge in [-0.3, -0.25) is 0 Å². The van der Waals surface area contributed by atoms with E-state index in [1.54, 1.807) is 0 Å². The predicted octanol–water partition coefficient (Wildman–Crippen LogP) is 13.4. The van der Waals surface area contributed by atoms with E-state index >= 15 is 0 Å². The summed E-state index contributed by atoms with van der Waals surface area (Å²) in [5.41, 5.74) is 13.2. The molecule has 228 valence electrons. The van der Waals surface area contributed by atoms with Gasteiger partial charge in [-0.1, -0.05) is 114 Å². The van der Waals surface area contributed by atoms with Crippen LogP contribution in [-0.4, -0.2) is 0 Å². The van der Waals surface area contributed by atoms with Gasteiger partial charge in [0.2, 0.25) is 0 Å². The molecule has 1 aliphatic rings. The van der Waals surface area contributed by atoms with E-state index in [1.807, 2.05) is 0 Å². The minimum Gasteiger partial charge on any atom is -0.116 e. The van der Waals surface area contributed by atoms with E-state index in [4.69, 9.17) is 0 Å². The number of fused-ring (bicyclic) bond motifs is 1. The number of aryl methyl sites for hydroxylation is 1. The molecule has 0 heterocycles. The van der Waals surface area contributed by atoms with Crippen LogP contribution < -0.4 is 0 Å². The van der Waals surface area contributed by atoms with Gasteiger partial charge in [0.25, 0.3) is 0 Å². The molecule has 0 spiro atoms. The molecule has 0 radical (unpaired) electrons. The quantitative estimate of drug-likeness (QED) is 0.0775. The Labute approximate surface area is 273 Å². The van der Waals surface area contributed by atoms with Gasteiger partial charge in [0, 0.05) is 0 Å². The Morgan fingerprint density at radius 1 is 0.609 bits per heavy atom. The second kappa shape index (κ2) is 10.3. The van der Waals surface area contributed by atoms with Crippen molar-refractivity contribution in [1.29, 1.82) is 0 Å². The summed E-state index contributed by atoms with van der Waals surface area (Å²) in [6.45, 7) is 16.2. The monoisotopic (exact) mass is 596 g/mol. The number of hydrogen-bond acceptors (Lipinski definition) is 0. The fraction of sp³-hybridized carbons (Fsp3) is 0.283. The molecular weight excluding hydrogens is 553 g/mol. The highest BCUT2D eigenvalue weighted by Crippen LogP contribution is 2.46. The molecular formula is C46H44. The second-order valence-electron chi connectivity index (χ2n) is 15.6. The summed E-state index contributed by atoms with van der Waals surface area (Å²) in [6.07, 6.45) is 9.27. The highest BCUT2D eigenvalue weighted by Gasteiger charge is 2.24. The van der Waals surface area contributed by atoms with Gasteiger partial charge in [0.1, 0.15) is 0 Å². The van der Waals surface area contributed by atoms with Gasteiger partial charge in [0.05, 0.1) is 0 Å². The molecule has 0 fully saturated rings. The maximum absolute atomic E-state index is 3.48. The molecule has 0 nitrogen and oxygen atoms in total. The van der Waals surface area contributed by atoms with Gasteiger partial charge in [-0.15, -0.1) is 5.73 Å². The molecule has 0 unspecified atom stereocenters. The molecule has 0 aliphatic heterocycles. The number of rotatable bonds is 6. The van der Waals surface area contributed by atoms with Gasteiger partial charge >= 0.3 is 0 Å². The first-order chi connectivity index (χ1) is 22.0. The summed E-state index contributed by atoms with van der Waals surface area (Å²) >= 11 is 0. The van der Waals surface area contributed by atoms with Crippen LogP contribution in [0.5, 0.6) is 0 Å². The lowest BCUT2D eigenvalue weighted by atomic mass is 9.77. The molecule has 0 atom stereocenters. The van der Waals surface area contributed by atoms with E-state index in [0.717, 1.165) is 6.42 Å². The van der Waals surface area contributed by atoms with Crippen LogP contribution in [0.4, 0.5) is 0 Å². The largest absolute Gasteiger partial charge is 0.116 e. The average Bonchev–Trinajstić information content (AvgIpc) is 3.02. The van der Waals surface area contributed by atoms with Crippen molar-refractivity contribution in [3.05, 3.63) is 124 Å². The lowest BCUT2D eigenvalue weighted by molar-refractivity contribution is 0.454. The first kappa shape index (κ1) is 29.1. The molecule has 7 aromatic rings. The smallest absolute Gasteiger partial charge is 0.00141 e. The third-order valence-electron chi connectivity index (χ3n) is 10.9. The van der Waals surface area contributed by atoms with Crippen molar-refractivity contribution < 1.29 is 0 Å². The lowest BCUT2D eigenvalue weighted by Gasteiger charge is -2.27. The lowest BCUT2D eigenvalue weighted by Crippen LogP contribution is -2.17. The van der Waals surface area contributed by atoms with E-state index in [2.05, 4.69) is 145 Å². The number of benzene rings is 7. The first-order valence-corrected chi connectivity index (χ1v) is 17.2. The average molecular weight is 597 g/mol. The van der Waals surface area contributed by atoms with Crippen molar-refractivity contribution in [3.8, 4) is 0 Å². The van der Waals surface area contributed by atoms with Crippen LogP contribution in [0.25, 0.3) is 65.5 Å². The molecule has 0 N–H and O–H groups in total. The Morgan fingerprint density at radius 3 is 1.80 bits per heavy atom. The molecule has 0 bridgehead atoms. The third-order valence-corrected chi connectivity index (χ3v) is 10.9. The number of unbranched alkanes of at least 4 members (excludes halogenated alkanes) is 2.